The summed E-state index contributed by atoms with van der Waals surface area (Å²) in [5.41, 5.74) is 9.68. The van der Waals surface area contributed by atoms with Crippen LogP contribution >= 0.6 is 23.4 Å². The summed E-state index contributed by atoms with van der Waals surface area (Å²) in [5, 5.41) is 16.8. The van der Waals surface area contributed by atoms with Crippen LogP contribution in [0.25, 0.3) is 22.0 Å². The molecule has 0 radical (unpaired) electrons. The molecule has 316 valence electrons. The number of piperazine rings is 1. The monoisotopic (exact) mass is 879 g/mol. The van der Waals surface area contributed by atoms with Gasteiger partial charge in [-0.05, 0) is 92.3 Å². The van der Waals surface area contributed by atoms with E-state index >= 15 is 0 Å². The van der Waals surface area contributed by atoms with Crippen molar-refractivity contribution in [2.75, 3.05) is 67.5 Å². The summed E-state index contributed by atoms with van der Waals surface area (Å²) in [6.45, 7) is 4.66. The van der Waals surface area contributed by atoms with Gasteiger partial charge >= 0.3 is 0 Å². The topological polar surface area (TPSA) is 180 Å². The Bertz CT molecular complexity index is 2590. The SMILES string of the molecule is CN(C)CCC(CSc1ccccc1)Nc1c(C(N)=O)cc(S(=O)(=O)Nc2ncnc3cc(N4CCN(Cc5ccccc5-c5ccc(Cl)cc5)CC4)ccc23)cc1[N+](=O)[O-]. The van der Waals surface area contributed by atoms with Crippen molar-refractivity contribution in [1.29, 1.82) is 0 Å². The molecule has 5 aromatic carbocycles. The highest BCUT2D eigenvalue weighted by Crippen LogP contribution is 2.35. The Morgan fingerprint density at radius 2 is 1.67 bits per heavy atom. The van der Waals surface area contributed by atoms with Crippen molar-refractivity contribution in [2.24, 2.45) is 5.73 Å². The molecule has 1 atom stereocenters. The number of amides is 1. The van der Waals surface area contributed by atoms with Crippen LogP contribution in [0.1, 0.15) is 22.3 Å². The lowest BCUT2D eigenvalue weighted by Gasteiger charge is -2.36. The van der Waals surface area contributed by atoms with E-state index in [-0.39, 0.29) is 23.1 Å². The van der Waals surface area contributed by atoms with E-state index in [0.29, 0.717) is 34.6 Å². The Morgan fingerprint density at radius 3 is 2.38 bits per heavy atom. The minimum absolute atomic E-state index is 0.0205. The van der Waals surface area contributed by atoms with Gasteiger partial charge in [0.15, 0.2) is 5.82 Å². The van der Waals surface area contributed by atoms with E-state index in [4.69, 9.17) is 17.3 Å². The molecule has 14 nitrogen and oxygen atoms in total. The predicted molar refractivity (Wildman–Crippen MR) is 244 cm³/mol. The van der Waals surface area contributed by atoms with Gasteiger partial charge in [-0.3, -0.25) is 24.5 Å². The number of hydrogen-bond donors (Lipinski definition) is 3. The number of benzene rings is 5. The number of rotatable bonds is 17. The van der Waals surface area contributed by atoms with Crippen molar-refractivity contribution < 1.29 is 18.1 Å². The lowest BCUT2D eigenvalue weighted by molar-refractivity contribution is -0.384. The largest absolute Gasteiger partial charge is 0.375 e. The molecule has 0 aliphatic carbocycles. The Morgan fingerprint density at radius 1 is 0.951 bits per heavy atom. The van der Waals surface area contributed by atoms with Gasteiger partial charge in [0, 0.05) is 71.6 Å². The van der Waals surface area contributed by atoms with Gasteiger partial charge in [-0.2, -0.15) is 0 Å². The van der Waals surface area contributed by atoms with E-state index in [0.717, 1.165) is 61.0 Å². The number of carbonyl (C=O) groups excluding carboxylic acids is 1. The number of carbonyl (C=O) groups is 1. The Kier molecular flexibility index (Phi) is 13.7. The minimum Gasteiger partial charge on any atom is -0.375 e. The highest BCUT2D eigenvalue weighted by Gasteiger charge is 2.30. The van der Waals surface area contributed by atoms with Crippen molar-refractivity contribution in [3.63, 3.8) is 0 Å². The summed E-state index contributed by atoms with van der Waals surface area (Å²) in [7, 11) is -0.696. The van der Waals surface area contributed by atoms with Crippen molar-refractivity contribution in [2.45, 2.75) is 28.8 Å². The second-order valence-corrected chi connectivity index (χ2v) is 18.2. The van der Waals surface area contributed by atoms with E-state index in [2.05, 4.69) is 48.0 Å². The molecule has 0 saturated carbocycles. The number of nitrogens with one attached hydrogen (secondary N) is 2. The van der Waals surface area contributed by atoms with E-state index in [9.17, 15) is 23.3 Å². The van der Waals surface area contributed by atoms with E-state index in [1.54, 1.807) is 17.8 Å². The zero-order valence-electron chi connectivity index (χ0n) is 33.7. The average molecular weight is 880 g/mol. The number of fused-ring (bicyclic) bond motifs is 1. The summed E-state index contributed by atoms with van der Waals surface area (Å²) >= 11 is 7.69. The molecule has 1 fully saturated rings. The van der Waals surface area contributed by atoms with Gasteiger partial charge in [-0.25, -0.2) is 18.4 Å². The fourth-order valence-electron chi connectivity index (χ4n) is 7.26. The van der Waals surface area contributed by atoms with Gasteiger partial charge in [0.1, 0.15) is 12.0 Å². The highest BCUT2D eigenvalue weighted by molar-refractivity contribution is 7.99. The van der Waals surface area contributed by atoms with Crippen molar-refractivity contribution in [1.82, 2.24) is 19.8 Å². The highest BCUT2D eigenvalue weighted by atomic mass is 35.5. The fourth-order valence-corrected chi connectivity index (χ4v) is 9.45. The van der Waals surface area contributed by atoms with Crippen LogP contribution in [0.3, 0.4) is 0 Å². The summed E-state index contributed by atoms with van der Waals surface area (Å²) in [6.07, 6.45) is 1.83. The average Bonchev–Trinajstić information content (AvgIpc) is 3.25. The second-order valence-electron chi connectivity index (χ2n) is 15.0. The van der Waals surface area contributed by atoms with Crippen molar-refractivity contribution in [3.8, 4) is 11.1 Å². The molecular formula is C44H46ClN9O5S2. The lowest BCUT2D eigenvalue weighted by atomic mass is 9.99. The molecule has 17 heteroatoms. The van der Waals surface area contributed by atoms with Gasteiger partial charge < -0.3 is 20.9 Å². The number of nitrogens with two attached hydrogens (primary N) is 1. The molecule has 1 saturated heterocycles. The first-order valence-electron chi connectivity index (χ1n) is 19.6. The standard InChI is InChI=1S/C44H46ClN9O5S2/c1-51(2)19-18-33(28-60-35-9-4-3-5-10-35)49-42-39(43(46)55)25-36(26-41(42)54(56)57)61(58,59)50-44-38-17-16-34(24-40(38)47-29-48-44)53-22-20-52(21-23-53)27-31-8-6-7-11-37(31)30-12-14-32(45)15-13-30/h3-17,24-26,29,33,49H,18-23,27-28H2,1-2H3,(H2,46,55)(H,47,48,50). The first-order valence-corrected chi connectivity index (χ1v) is 22.5. The number of nitrogens with zero attached hydrogens (tertiary/aromatic N) is 6. The third-order valence-electron chi connectivity index (χ3n) is 10.5. The van der Waals surface area contributed by atoms with Crippen LogP contribution in [-0.2, 0) is 16.6 Å². The van der Waals surface area contributed by atoms with E-state index in [1.807, 2.05) is 91.8 Å². The molecule has 4 N–H and O–H groups in total. The third kappa shape index (κ3) is 10.8. The van der Waals surface area contributed by atoms with Crippen LogP contribution in [0.2, 0.25) is 5.02 Å². The third-order valence-corrected chi connectivity index (χ3v) is 13.2. The van der Waals surface area contributed by atoms with Crippen LogP contribution in [0.4, 0.5) is 22.9 Å². The van der Waals surface area contributed by atoms with Crippen molar-refractivity contribution in [3.05, 3.63) is 142 Å². The van der Waals surface area contributed by atoms with Gasteiger partial charge in [0.25, 0.3) is 21.6 Å². The maximum atomic E-state index is 14.0. The van der Waals surface area contributed by atoms with Crippen LogP contribution in [-0.4, -0.2) is 97.6 Å². The van der Waals surface area contributed by atoms with Crippen LogP contribution in [0.15, 0.2) is 125 Å². The summed E-state index contributed by atoms with van der Waals surface area (Å²) < 4.78 is 30.4. The van der Waals surface area contributed by atoms with Crippen molar-refractivity contribution >= 4 is 73.1 Å². The first-order chi connectivity index (χ1) is 29.3. The van der Waals surface area contributed by atoms with Gasteiger partial charge in [-0.15, -0.1) is 11.8 Å². The fraction of sp³-hybridized carbons (Fsp3) is 0.250. The minimum atomic E-state index is -4.53. The smallest absolute Gasteiger partial charge is 0.294 e. The second kappa shape index (κ2) is 19.3. The lowest BCUT2D eigenvalue weighted by Crippen LogP contribution is -2.46. The number of thioether (sulfide) groups is 1. The number of nitro groups is 1. The molecule has 2 heterocycles. The molecule has 0 bridgehead atoms. The van der Waals surface area contributed by atoms with Crippen LogP contribution < -0.4 is 20.7 Å². The van der Waals surface area contributed by atoms with Gasteiger partial charge in [-0.1, -0.05) is 66.2 Å². The number of hydrogen-bond acceptors (Lipinski definition) is 12. The maximum Gasteiger partial charge on any atom is 0.294 e. The molecule has 1 aliphatic heterocycles. The molecule has 1 unspecified atom stereocenters. The molecule has 61 heavy (non-hydrogen) atoms. The molecule has 1 amide bonds. The molecular weight excluding hydrogens is 834 g/mol. The molecule has 7 rings (SSSR count). The Balaban J connectivity index is 1.07. The van der Waals surface area contributed by atoms with E-state index in [1.165, 1.54) is 17.5 Å². The van der Waals surface area contributed by atoms with Crippen LogP contribution in [0, 0.1) is 10.1 Å². The molecule has 1 aromatic heterocycles. The Labute approximate surface area is 364 Å². The summed E-state index contributed by atoms with van der Waals surface area (Å²) in [4.78, 5) is 40.5. The number of nitro benzene ring substituents is 1. The summed E-state index contributed by atoms with van der Waals surface area (Å²) in [6, 6.07) is 33.2. The Hall–Kier alpha value is -5.78. The van der Waals surface area contributed by atoms with Gasteiger partial charge in [0.05, 0.1) is 20.9 Å². The first kappa shape index (κ1) is 43.3. The maximum absolute atomic E-state index is 14.0. The molecule has 0 spiro atoms. The number of sulfonamides is 1. The number of primary amides is 1. The number of aromatic nitrogens is 2. The predicted octanol–water partition coefficient (Wildman–Crippen LogP) is 7.60. The summed E-state index contributed by atoms with van der Waals surface area (Å²) in [5.74, 6) is -0.532. The molecule has 6 aromatic rings. The number of halogens is 1. The molecule has 1 aliphatic rings. The van der Waals surface area contributed by atoms with Crippen LogP contribution in [0.5, 0.6) is 0 Å². The zero-order chi connectivity index (χ0) is 43.1. The normalized spacial score (nSPS) is 13.9. The van der Waals surface area contributed by atoms with E-state index < -0.39 is 31.4 Å². The van der Waals surface area contributed by atoms with Gasteiger partial charge in [0.2, 0.25) is 0 Å². The zero-order valence-corrected chi connectivity index (χ0v) is 36.1. The quantitative estimate of drug-likeness (QED) is 0.0465. The number of anilines is 3.